The number of nitrogens with one attached hydrogen (secondary N) is 1. The number of nitrogens with zero attached hydrogens (tertiary/aromatic N) is 5. The molecular weight excluding hydrogens is 398 g/mol. The predicted molar refractivity (Wildman–Crippen MR) is 116 cm³/mol. The number of nitrogen functional groups attached to an aromatic ring is 1. The number of rotatable bonds is 5. The molecule has 1 fully saturated rings. The molecule has 0 bridgehead atoms. The van der Waals surface area contributed by atoms with Gasteiger partial charge in [0.05, 0.1) is 35.6 Å². The Morgan fingerprint density at radius 2 is 1.84 bits per heavy atom. The summed E-state index contributed by atoms with van der Waals surface area (Å²) in [6.45, 7) is 2.92. The van der Waals surface area contributed by atoms with Crippen molar-refractivity contribution in [2.45, 2.75) is 6.54 Å². The molecule has 1 aliphatic heterocycles. The van der Waals surface area contributed by atoms with Crippen LogP contribution in [-0.2, 0) is 16.1 Å². The number of carbonyl (C=O) groups is 1. The number of benzene rings is 2. The zero-order valence-electron chi connectivity index (χ0n) is 16.7. The van der Waals surface area contributed by atoms with Crippen molar-refractivity contribution in [3.63, 3.8) is 0 Å². The second-order valence-corrected chi connectivity index (χ2v) is 7.17. The molecular formula is C21H21N7O3. The van der Waals surface area contributed by atoms with Crippen LogP contribution in [0.15, 0.2) is 53.2 Å². The van der Waals surface area contributed by atoms with Crippen LogP contribution in [0, 0.1) is 0 Å². The fourth-order valence-corrected chi connectivity index (χ4v) is 3.76. The van der Waals surface area contributed by atoms with Crippen molar-refractivity contribution < 1.29 is 14.2 Å². The number of amides is 1. The Morgan fingerprint density at radius 1 is 1.06 bits per heavy atom. The number of para-hydroxylation sites is 4. The number of imidazole rings is 1. The van der Waals surface area contributed by atoms with E-state index in [0.29, 0.717) is 24.7 Å². The number of carbonyl (C=O) groups excluding carboxylic acids is 1. The number of anilines is 3. The van der Waals surface area contributed by atoms with Crippen molar-refractivity contribution in [1.82, 2.24) is 19.9 Å². The Bertz CT molecular complexity index is 1230. The van der Waals surface area contributed by atoms with Gasteiger partial charge < -0.3 is 25.3 Å². The molecule has 10 heteroatoms. The van der Waals surface area contributed by atoms with Gasteiger partial charge in [-0.05, 0) is 34.6 Å². The van der Waals surface area contributed by atoms with E-state index in [1.165, 1.54) is 0 Å². The molecule has 1 aliphatic rings. The summed E-state index contributed by atoms with van der Waals surface area (Å²) in [6, 6.07) is 15.3. The summed E-state index contributed by atoms with van der Waals surface area (Å²) in [5.74, 6) is 0.353. The molecule has 0 saturated carbocycles. The second kappa shape index (κ2) is 8.07. The summed E-state index contributed by atoms with van der Waals surface area (Å²) >= 11 is 0. The maximum atomic E-state index is 13.1. The number of hydrogen-bond acceptors (Lipinski definition) is 8. The molecule has 1 saturated heterocycles. The Balaban J connectivity index is 1.45. The minimum absolute atomic E-state index is 0.0274. The van der Waals surface area contributed by atoms with Crippen molar-refractivity contribution in [1.29, 1.82) is 0 Å². The van der Waals surface area contributed by atoms with E-state index < -0.39 is 0 Å². The molecule has 2 aromatic carbocycles. The summed E-state index contributed by atoms with van der Waals surface area (Å²) < 4.78 is 11.9. The fraction of sp³-hybridized carbons (Fsp3) is 0.238. The van der Waals surface area contributed by atoms with E-state index in [1.807, 2.05) is 48.5 Å². The first-order valence-corrected chi connectivity index (χ1v) is 9.96. The van der Waals surface area contributed by atoms with E-state index in [-0.39, 0.29) is 18.3 Å². The molecule has 0 radical (unpaired) electrons. The minimum atomic E-state index is -0.194. The topological polar surface area (TPSA) is 124 Å². The van der Waals surface area contributed by atoms with Gasteiger partial charge in [0.1, 0.15) is 6.54 Å². The standard InChI is InChI=1S/C21H21N7O3/c22-20-19(25-31-26-20)21-24-15-6-2-4-8-17(15)28(21)13-18(29)23-14-5-1-3-7-16(14)27-9-11-30-12-10-27/h1-8H,9-13H2,(H2,22,26)(H,23,29). The van der Waals surface area contributed by atoms with E-state index in [0.717, 1.165) is 35.5 Å². The third-order valence-electron chi connectivity index (χ3n) is 5.21. The Hall–Kier alpha value is -3.92. The summed E-state index contributed by atoms with van der Waals surface area (Å²) in [5.41, 5.74) is 9.42. The van der Waals surface area contributed by atoms with Crippen LogP contribution >= 0.6 is 0 Å². The lowest BCUT2D eigenvalue weighted by Crippen LogP contribution is -2.36. The van der Waals surface area contributed by atoms with Crippen LogP contribution in [0.1, 0.15) is 0 Å². The zero-order chi connectivity index (χ0) is 21.2. The van der Waals surface area contributed by atoms with Crippen LogP contribution in [-0.4, -0.2) is 52.1 Å². The van der Waals surface area contributed by atoms with Gasteiger partial charge in [-0.15, -0.1) is 0 Å². The van der Waals surface area contributed by atoms with Crippen molar-refractivity contribution in [3.05, 3.63) is 48.5 Å². The zero-order valence-corrected chi connectivity index (χ0v) is 16.7. The normalized spacial score (nSPS) is 14.1. The van der Waals surface area contributed by atoms with E-state index in [1.54, 1.807) is 4.57 Å². The molecule has 10 nitrogen and oxygen atoms in total. The Kier molecular flexibility index (Phi) is 4.97. The summed E-state index contributed by atoms with van der Waals surface area (Å²) in [4.78, 5) is 19.9. The molecule has 0 unspecified atom stereocenters. The Labute approximate surface area is 177 Å². The van der Waals surface area contributed by atoms with Crippen molar-refractivity contribution >= 4 is 34.1 Å². The average Bonchev–Trinajstić information content (AvgIpc) is 3.38. The second-order valence-electron chi connectivity index (χ2n) is 7.17. The largest absolute Gasteiger partial charge is 0.379 e. The van der Waals surface area contributed by atoms with Crippen LogP contribution in [0.3, 0.4) is 0 Å². The Morgan fingerprint density at radius 3 is 2.65 bits per heavy atom. The van der Waals surface area contributed by atoms with Crippen LogP contribution in [0.4, 0.5) is 17.2 Å². The molecule has 31 heavy (non-hydrogen) atoms. The third kappa shape index (κ3) is 3.68. The smallest absolute Gasteiger partial charge is 0.244 e. The van der Waals surface area contributed by atoms with Gasteiger partial charge in [0.25, 0.3) is 0 Å². The van der Waals surface area contributed by atoms with E-state index in [4.69, 9.17) is 15.1 Å². The number of aromatic nitrogens is 4. The van der Waals surface area contributed by atoms with Gasteiger partial charge in [0, 0.05) is 13.1 Å². The lowest BCUT2D eigenvalue weighted by Gasteiger charge is -2.30. The molecule has 5 rings (SSSR count). The van der Waals surface area contributed by atoms with Crippen molar-refractivity contribution in [2.24, 2.45) is 0 Å². The van der Waals surface area contributed by atoms with Gasteiger partial charge >= 0.3 is 0 Å². The quantitative estimate of drug-likeness (QED) is 0.504. The van der Waals surface area contributed by atoms with Crippen LogP contribution in [0.25, 0.3) is 22.6 Å². The van der Waals surface area contributed by atoms with Gasteiger partial charge in [-0.25, -0.2) is 9.61 Å². The van der Waals surface area contributed by atoms with Gasteiger partial charge in [0.15, 0.2) is 17.3 Å². The molecule has 3 N–H and O–H groups in total. The molecule has 0 aliphatic carbocycles. The van der Waals surface area contributed by atoms with E-state index in [2.05, 4.69) is 25.5 Å². The predicted octanol–water partition coefficient (Wildman–Crippen LogP) is 2.14. The summed E-state index contributed by atoms with van der Waals surface area (Å²) in [7, 11) is 0. The van der Waals surface area contributed by atoms with Crippen LogP contribution in [0.2, 0.25) is 0 Å². The van der Waals surface area contributed by atoms with Gasteiger partial charge in [-0.2, -0.15) is 0 Å². The molecule has 0 spiro atoms. The van der Waals surface area contributed by atoms with E-state index >= 15 is 0 Å². The fourth-order valence-electron chi connectivity index (χ4n) is 3.76. The first-order valence-electron chi connectivity index (χ1n) is 9.96. The van der Waals surface area contributed by atoms with Crippen LogP contribution in [0.5, 0.6) is 0 Å². The highest BCUT2D eigenvalue weighted by atomic mass is 16.6. The molecule has 3 heterocycles. The highest BCUT2D eigenvalue weighted by molar-refractivity contribution is 5.95. The minimum Gasteiger partial charge on any atom is -0.379 e. The maximum absolute atomic E-state index is 13.1. The maximum Gasteiger partial charge on any atom is 0.244 e. The molecule has 0 atom stereocenters. The molecule has 4 aromatic rings. The van der Waals surface area contributed by atoms with Gasteiger partial charge in [-0.3, -0.25) is 4.79 Å². The van der Waals surface area contributed by atoms with Crippen LogP contribution < -0.4 is 16.0 Å². The number of ether oxygens (including phenoxy) is 1. The molecule has 1 amide bonds. The number of morpholine rings is 1. The average molecular weight is 419 g/mol. The lowest BCUT2D eigenvalue weighted by atomic mass is 10.2. The number of nitrogens with two attached hydrogens (primary N) is 1. The lowest BCUT2D eigenvalue weighted by molar-refractivity contribution is -0.116. The summed E-state index contributed by atoms with van der Waals surface area (Å²) in [5, 5.41) is 10.5. The molecule has 2 aromatic heterocycles. The number of hydrogen-bond donors (Lipinski definition) is 2. The summed E-state index contributed by atoms with van der Waals surface area (Å²) in [6.07, 6.45) is 0. The molecule has 158 valence electrons. The monoisotopic (exact) mass is 419 g/mol. The SMILES string of the molecule is Nc1nonc1-c1nc2ccccc2n1CC(=O)Nc1ccccc1N1CCOCC1. The van der Waals surface area contributed by atoms with Crippen molar-refractivity contribution in [3.8, 4) is 11.5 Å². The van der Waals surface area contributed by atoms with Crippen molar-refractivity contribution in [2.75, 3.05) is 42.3 Å². The third-order valence-corrected chi connectivity index (χ3v) is 5.21. The highest BCUT2D eigenvalue weighted by Crippen LogP contribution is 2.28. The first-order chi connectivity index (χ1) is 15.2. The van der Waals surface area contributed by atoms with Gasteiger partial charge in [-0.1, -0.05) is 24.3 Å². The number of fused-ring (bicyclic) bond motifs is 1. The highest BCUT2D eigenvalue weighted by Gasteiger charge is 2.21. The first kappa shape index (κ1) is 19.1. The van der Waals surface area contributed by atoms with Gasteiger partial charge in [0.2, 0.25) is 5.91 Å². The van der Waals surface area contributed by atoms with E-state index in [9.17, 15) is 4.79 Å².